The fourth-order valence-corrected chi connectivity index (χ4v) is 3.26. The fraction of sp³-hybridized carbons (Fsp3) is 0.615. The molecule has 0 aliphatic heterocycles. The molecule has 2 rings (SSSR count). The molecular formula is C13H19N3O2S. The summed E-state index contributed by atoms with van der Waals surface area (Å²) in [5.41, 5.74) is -0.592. The van der Waals surface area contributed by atoms with Gasteiger partial charge in [-0.15, -0.1) is 11.8 Å². The highest BCUT2D eigenvalue weighted by molar-refractivity contribution is 7.99. The van der Waals surface area contributed by atoms with Crippen LogP contribution in [0, 0.1) is 5.92 Å². The smallest absolute Gasteiger partial charge is 0.327 e. The SMILES string of the molecule is CCOC(=O)C(CSc1ccncn1)(NC)C1CC1. The molecule has 104 valence electrons. The van der Waals surface area contributed by atoms with Crippen molar-refractivity contribution in [3.63, 3.8) is 0 Å². The minimum absolute atomic E-state index is 0.151. The Bertz CT molecular complexity index is 425. The van der Waals surface area contributed by atoms with E-state index in [1.165, 1.54) is 6.33 Å². The molecule has 0 amide bonds. The van der Waals surface area contributed by atoms with Crippen molar-refractivity contribution in [1.82, 2.24) is 15.3 Å². The van der Waals surface area contributed by atoms with E-state index in [1.54, 1.807) is 18.0 Å². The van der Waals surface area contributed by atoms with E-state index in [0.29, 0.717) is 18.3 Å². The summed E-state index contributed by atoms with van der Waals surface area (Å²) in [6, 6.07) is 1.85. The maximum absolute atomic E-state index is 12.3. The first-order valence-electron chi connectivity index (χ1n) is 6.48. The molecule has 1 saturated carbocycles. The van der Waals surface area contributed by atoms with Gasteiger partial charge in [-0.25, -0.2) is 9.97 Å². The number of rotatable bonds is 7. The van der Waals surface area contributed by atoms with Gasteiger partial charge in [0.1, 0.15) is 11.9 Å². The van der Waals surface area contributed by atoms with Crippen molar-refractivity contribution in [3.8, 4) is 0 Å². The first kappa shape index (κ1) is 14.3. The van der Waals surface area contributed by atoms with Crippen molar-refractivity contribution in [2.75, 3.05) is 19.4 Å². The van der Waals surface area contributed by atoms with E-state index in [-0.39, 0.29) is 5.97 Å². The zero-order chi connectivity index (χ0) is 13.7. The Hall–Kier alpha value is -1.14. The van der Waals surface area contributed by atoms with Crippen LogP contribution in [-0.4, -0.2) is 40.9 Å². The molecule has 1 heterocycles. The second-order valence-electron chi connectivity index (χ2n) is 4.55. The van der Waals surface area contributed by atoms with Crippen molar-refractivity contribution in [1.29, 1.82) is 0 Å². The monoisotopic (exact) mass is 281 g/mol. The highest BCUT2D eigenvalue weighted by atomic mass is 32.2. The summed E-state index contributed by atoms with van der Waals surface area (Å²) in [5, 5.41) is 4.07. The second-order valence-corrected chi connectivity index (χ2v) is 5.55. The van der Waals surface area contributed by atoms with Crippen molar-refractivity contribution in [2.24, 2.45) is 5.92 Å². The van der Waals surface area contributed by atoms with Crippen LogP contribution in [0.15, 0.2) is 23.6 Å². The molecule has 0 radical (unpaired) electrons. The molecule has 1 aliphatic rings. The van der Waals surface area contributed by atoms with Crippen molar-refractivity contribution in [2.45, 2.75) is 30.3 Å². The van der Waals surface area contributed by atoms with Crippen LogP contribution in [0.25, 0.3) is 0 Å². The van der Waals surface area contributed by atoms with E-state index < -0.39 is 5.54 Å². The van der Waals surface area contributed by atoms with Crippen LogP contribution in [0.4, 0.5) is 0 Å². The standard InChI is InChI=1S/C13H19N3O2S/c1-3-18-12(17)13(14-2,10-4-5-10)8-19-11-6-7-15-9-16-11/h6-7,9-10,14H,3-5,8H2,1-2H3. The van der Waals surface area contributed by atoms with Gasteiger partial charge in [-0.2, -0.15) is 0 Å². The van der Waals surface area contributed by atoms with Gasteiger partial charge in [-0.1, -0.05) is 0 Å². The number of esters is 1. The normalized spacial score (nSPS) is 17.8. The lowest BCUT2D eigenvalue weighted by atomic mass is 9.96. The third kappa shape index (κ3) is 3.25. The van der Waals surface area contributed by atoms with Gasteiger partial charge in [-0.3, -0.25) is 4.79 Å². The van der Waals surface area contributed by atoms with E-state index >= 15 is 0 Å². The Kier molecular flexibility index (Phi) is 4.76. The summed E-state index contributed by atoms with van der Waals surface area (Å²) < 4.78 is 5.24. The number of hydrogen-bond donors (Lipinski definition) is 1. The number of nitrogens with one attached hydrogen (secondary N) is 1. The average molecular weight is 281 g/mol. The summed E-state index contributed by atoms with van der Waals surface area (Å²) in [7, 11) is 1.83. The Labute approximate surface area is 117 Å². The Balaban J connectivity index is 2.07. The molecule has 5 nitrogen and oxygen atoms in total. The molecule has 19 heavy (non-hydrogen) atoms. The Morgan fingerprint density at radius 2 is 2.42 bits per heavy atom. The van der Waals surface area contributed by atoms with Crippen LogP contribution < -0.4 is 5.32 Å². The third-order valence-corrected chi connectivity index (χ3v) is 4.50. The molecule has 1 unspecified atom stereocenters. The lowest BCUT2D eigenvalue weighted by Gasteiger charge is -2.30. The molecular weight excluding hydrogens is 262 g/mol. The first-order valence-corrected chi connectivity index (χ1v) is 7.46. The highest BCUT2D eigenvalue weighted by Crippen LogP contribution is 2.42. The summed E-state index contributed by atoms with van der Waals surface area (Å²) in [6.45, 7) is 2.25. The van der Waals surface area contributed by atoms with Crippen LogP contribution in [-0.2, 0) is 9.53 Å². The molecule has 0 saturated heterocycles. The van der Waals surface area contributed by atoms with Gasteiger partial charge in [0, 0.05) is 11.9 Å². The molecule has 1 aromatic heterocycles. The zero-order valence-electron chi connectivity index (χ0n) is 11.3. The molecule has 0 bridgehead atoms. The number of carbonyl (C=O) groups excluding carboxylic acids is 1. The predicted octanol–water partition coefficient (Wildman–Crippen LogP) is 1.50. The van der Waals surface area contributed by atoms with Crippen LogP contribution in [0.1, 0.15) is 19.8 Å². The number of carbonyl (C=O) groups is 1. The third-order valence-electron chi connectivity index (χ3n) is 3.36. The van der Waals surface area contributed by atoms with Gasteiger partial charge in [0.2, 0.25) is 0 Å². The number of thioether (sulfide) groups is 1. The van der Waals surface area contributed by atoms with Gasteiger partial charge in [0.05, 0.1) is 11.6 Å². The maximum atomic E-state index is 12.3. The number of aromatic nitrogens is 2. The lowest BCUT2D eigenvalue weighted by molar-refractivity contribution is -0.150. The zero-order valence-corrected chi connectivity index (χ0v) is 12.1. The van der Waals surface area contributed by atoms with Gasteiger partial charge >= 0.3 is 5.97 Å². The van der Waals surface area contributed by atoms with Gasteiger partial charge in [0.25, 0.3) is 0 Å². The van der Waals surface area contributed by atoms with Crippen molar-refractivity contribution >= 4 is 17.7 Å². The van der Waals surface area contributed by atoms with Crippen molar-refractivity contribution < 1.29 is 9.53 Å². The maximum Gasteiger partial charge on any atom is 0.327 e. The first-order chi connectivity index (χ1) is 9.23. The van der Waals surface area contributed by atoms with E-state index in [0.717, 1.165) is 17.9 Å². The minimum Gasteiger partial charge on any atom is -0.465 e. The van der Waals surface area contributed by atoms with Crippen LogP contribution in [0.2, 0.25) is 0 Å². The second kappa shape index (κ2) is 6.34. The average Bonchev–Trinajstić information content (AvgIpc) is 3.27. The molecule has 1 aromatic rings. The van der Waals surface area contributed by atoms with E-state index in [9.17, 15) is 4.79 Å². The van der Waals surface area contributed by atoms with Gasteiger partial charge in [0.15, 0.2) is 0 Å². The van der Waals surface area contributed by atoms with Crippen molar-refractivity contribution in [3.05, 3.63) is 18.6 Å². The topological polar surface area (TPSA) is 64.1 Å². The molecule has 1 N–H and O–H groups in total. The van der Waals surface area contributed by atoms with E-state index in [1.807, 2.05) is 20.0 Å². The Morgan fingerprint density at radius 3 is 2.95 bits per heavy atom. The largest absolute Gasteiger partial charge is 0.465 e. The number of likely N-dealkylation sites (N-methyl/N-ethyl adjacent to an activating group) is 1. The van der Waals surface area contributed by atoms with E-state index in [2.05, 4.69) is 15.3 Å². The van der Waals surface area contributed by atoms with E-state index in [4.69, 9.17) is 4.74 Å². The summed E-state index contributed by atoms with van der Waals surface area (Å²) in [5.74, 6) is 0.844. The van der Waals surface area contributed by atoms with Gasteiger partial charge in [-0.05, 0) is 38.8 Å². The van der Waals surface area contributed by atoms with Crippen LogP contribution in [0.5, 0.6) is 0 Å². The molecule has 0 spiro atoms. The minimum atomic E-state index is -0.592. The molecule has 0 aromatic carbocycles. The molecule has 1 aliphatic carbocycles. The van der Waals surface area contributed by atoms with Gasteiger partial charge < -0.3 is 10.1 Å². The predicted molar refractivity (Wildman–Crippen MR) is 73.9 cm³/mol. The lowest BCUT2D eigenvalue weighted by Crippen LogP contribution is -2.55. The highest BCUT2D eigenvalue weighted by Gasteiger charge is 2.51. The summed E-state index contributed by atoms with van der Waals surface area (Å²) >= 11 is 1.56. The molecule has 1 atom stereocenters. The quantitative estimate of drug-likeness (QED) is 0.464. The summed E-state index contributed by atoms with van der Waals surface area (Å²) in [4.78, 5) is 20.3. The number of ether oxygens (including phenoxy) is 1. The number of nitrogens with zero attached hydrogens (tertiary/aromatic N) is 2. The number of hydrogen-bond acceptors (Lipinski definition) is 6. The van der Waals surface area contributed by atoms with Crippen LogP contribution >= 0.6 is 11.8 Å². The fourth-order valence-electron chi connectivity index (χ4n) is 2.11. The summed E-state index contributed by atoms with van der Waals surface area (Å²) in [6.07, 6.45) is 5.37. The molecule has 1 fully saturated rings. The molecule has 6 heteroatoms. The Morgan fingerprint density at radius 1 is 1.63 bits per heavy atom. The van der Waals surface area contributed by atoms with Crippen LogP contribution in [0.3, 0.4) is 0 Å².